The average Bonchev–Trinajstić information content (AvgIpc) is 3.80. The zero-order valence-corrected chi connectivity index (χ0v) is 38.2. The molecule has 6 aromatic rings. The third-order valence-corrected chi connectivity index (χ3v) is 12.3. The van der Waals surface area contributed by atoms with Gasteiger partial charge in [0.15, 0.2) is 0 Å². The minimum Gasteiger partial charge on any atom is -0.487 e. The van der Waals surface area contributed by atoms with Gasteiger partial charge in [-0.05, 0) is 132 Å². The molecule has 312 valence electrons. The van der Waals surface area contributed by atoms with E-state index in [1.165, 1.54) is 22.3 Å². The second kappa shape index (κ2) is 20.1. The van der Waals surface area contributed by atoms with Crippen LogP contribution >= 0.6 is 46.4 Å². The predicted molar refractivity (Wildman–Crippen MR) is 243 cm³/mol. The SMILES string of the molecule is Cc1cc(OCc2c(C(C)C)cnn2-c2c(Cl)cccc2Cl)ccc1C(C)CCOCCC(C)c1ccc(OCc2c(C(C)C)cnn2-c2c(Cl)cccc2Cl)cc1C. The summed E-state index contributed by atoms with van der Waals surface area (Å²) in [6.45, 7) is 19.4. The van der Waals surface area contributed by atoms with Crippen molar-refractivity contribution in [3.63, 3.8) is 0 Å². The van der Waals surface area contributed by atoms with Gasteiger partial charge in [-0.1, -0.05) is 112 Å². The van der Waals surface area contributed by atoms with Crippen LogP contribution in [-0.2, 0) is 18.0 Å². The van der Waals surface area contributed by atoms with Gasteiger partial charge in [-0.2, -0.15) is 10.2 Å². The van der Waals surface area contributed by atoms with Crippen molar-refractivity contribution in [2.75, 3.05) is 13.2 Å². The first-order valence-electron chi connectivity index (χ1n) is 20.3. The smallest absolute Gasteiger partial charge is 0.131 e. The Kier molecular flexibility index (Phi) is 15.1. The van der Waals surface area contributed by atoms with Crippen LogP contribution in [0.15, 0.2) is 85.2 Å². The summed E-state index contributed by atoms with van der Waals surface area (Å²) in [6.07, 6.45) is 5.60. The van der Waals surface area contributed by atoms with Crippen LogP contribution in [0.25, 0.3) is 11.4 Å². The standard InChI is InChI=1S/C48H54Cl4N4O3/c1-29(2)39-25-53-55(47-41(49)11-9-12-42(47)50)45(39)27-58-35-15-17-37(33(7)23-35)31(5)19-21-57-22-20-32(6)38-18-16-36(24-34(38)8)59-28-46-40(30(3)4)26-54-56(46)48-43(51)13-10-14-44(48)52/h9-18,23-26,29-32H,19-22,27-28H2,1-8H3. The number of para-hydroxylation sites is 2. The molecule has 2 atom stereocenters. The van der Waals surface area contributed by atoms with Crippen molar-refractivity contribution < 1.29 is 14.2 Å². The maximum atomic E-state index is 6.56. The second-order valence-electron chi connectivity index (χ2n) is 16.0. The number of rotatable bonds is 18. The fourth-order valence-electron chi connectivity index (χ4n) is 7.61. The summed E-state index contributed by atoms with van der Waals surface area (Å²) in [5.41, 5.74) is 10.3. The van der Waals surface area contributed by atoms with Crippen LogP contribution in [0.3, 0.4) is 0 Å². The molecule has 0 saturated heterocycles. The number of halogens is 4. The van der Waals surface area contributed by atoms with Crippen LogP contribution in [0.5, 0.6) is 11.5 Å². The third-order valence-electron chi connectivity index (χ3n) is 11.0. The first kappa shape index (κ1) is 44.6. The minimum atomic E-state index is 0.255. The van der Waals surface area contributed by atoms with Crippen LogP contribution in [0.1, 0.15) is 123 Å². The van der Waals surface area contributed by atoms with Gasteiger partial charge in [-0.3, -0.25) is 0 Å². The highest BCUT2D eigenvalue weighted by atomic mass is 35.5. The van der Waals surface area contributed by atoms with Crippen LogP contribution in [0.2, 0.25) is 20.1 Å². The van der Waals surface area contributed by atoms with E-state index in [9.17, 15) is 0 Å². The van der Waals surface area contributed by atoms with E-state index in [0.717, 1.165) is 46.9 Å². The summed E-state index contributed by atoms with van der Waals surface area (Å²) in [4.78, 5) is 0. The molecule has 4 aromatic carbocycles. The van der Waals surface area contributed by atoms with Gasteiger partial charge in [0.25, 0.3) is 0 Å². The van der Waals surface area contributed by atoms with Crippen molar-refractivity contribution in [2.45, 2.75) is 105 Å². The van der Waals surface area contributed by atoms with Gasteiger partial charge in [0.05, 0.1) is 43.9 Å². The van der Waals surface area contributed by atoms with Crippen LogP contribution in [0, 0.1) is 13.8 Å². The van der Waals surface area contributed by atoms with Crippen molar-refractivity contribution in [1.29, 1.82) is 0 Å². The summed E-state index contributed by atoms with van der Waals surface area (Å²) in [6, 6.07) is 23.6. The van der Waals surface area contributed by atoms with Gasteiger partial charge in [0.1, 0.15) is 36.1 Å². The van der Waals surface area contributed by atoms with E-state index in [4.69, 9.17) is 60.6 Å². The van der Waals surface area contributed by atoms with Crippen molar-refractivity contribution in [1.82, 2.24) is 19.6 Å². The lowest BCUT2D eigenvalue weighted by Gasteiger charge is -2.19. The molecule has 7 nitrogen and oxygen atoms in total. The molecule has 0 bridgehead atoms. The summed E-state index contributed by atoms with van der Waals surface area (Å²) < 4.78 is 22.5. The number of hydrogen-bond acceptors (Lipinski definition) is 5. The first-order chi connectivity index (χ1) is 28.2. The number of aromatic nitrogens is 4. The number of benzene rings is 4. The average molecular weight is 877 g/mol. The van der Waals surface area contributed by atoms with Gasteiger partial charge in [-0.25, -0.2) is 9.36 Å². The Morgan fingerprint density at radius 1 is 0.525 bits per heavy atom. The summed E-state index contributed by atoms with van der Waals surface area (Å²) >= 11 is 26.2. The van der Waals surface area contributed by atoms with Gasteiger partial charge >= 0.3 is 0 Å². The summed E-state index contributed by atoms with van der Waals surface area (Å²) in [5, 5.41) is 11.4. The zero-order valence-electron chi connectivity index (χ0n) is 35.2. The molecule has 0 radical (unpaired) electrons. The molecule has 0 saturated carbocycles. The van der Waals surface area contributed by atoms with Gasteiger partial charge in [0, 0.05) is 13.2 Å². The second-order valence-corrected chi connectivity index (χ2v) is 17.6. The molecular formula is C48H54Cl4N4O3. The maximum Gasteiger partial charge on any atom is 0.131 e. The van der Waals surface area contributed by atoms with Gasteiger partial charge < -0.3 is 14.2 Å². The minimum absolute atomic E-state index is 0.255. The Bertz CT molecular complexity index is 2170. The highest BCUT2D eigenvalue weighted by Crippen LogP contribution is 2.35. The molecule has 0 aliphatic carbocycles. The van der Waals surface area contributed by atoms with Crippen molar-refractivity contribution in [3.05, 3.63) is 150 Å². The Morgan fingerprint density at radius 2 is 0.898 bits per heavy atom. The molecule has 2 aromatic heterocycles. The summed E-state index contributed by atoms with van der Waals surface area (Å²) in [7, 11) is 0. The van der Waals surface area contributed by atoms with E-state index in [2.05, 4.69) is 89.9 Å². The molecule has 59 heavy (non-hydrogen) atoms. The van der Waals surface area contributed by atoms with Crippen LogP contribution < -0.4 is 9.47 Å². The molecule has 11 heteroatoms. The Balaban J connectivity index is 0.986. The highest BCUT2D eigenvalue weighted by molar-refractivity contribution is 6.38. The molecule has 0 N–H and O–H groups in total. The molecule has 0 aliphatic heterocycles. The van der Waals surface area contributed by atoms with E-state index in [1.54, 1.807) is 9.36 Å². The molecular weight excluding hydrogens is 822 g/mol. The van der Waals surface area contributed by atoms with Gasteiger partial charge in [-0.15, -0.1) is 0 Å². The zero-order chi connectivity index (χ0) is 42.4. The lowest BCUT2D eigenvalue weighted by atomic mass is 9.93. The van der Waals surface area contributed by atoms with Crippen LogP contribution in [-0.4, -0.2) is 32.8 Å². The molecule has 0 aliphatic rings. The fourth-order valence-corrected chi connectivity index (χ4v) is 8.73. The Hall–Kier alpha value is -3.98. The van der Waals surface area contributed by atoms with E-state index in [0.29, 0.717) is 69.7 Å². The third kappa shape index (κ3) is 10.5. The molecule has 2 heterocycles. The summed E-state index contributed by atoms with van der Waals surface area (Å²) in [5.74, 6) is 2.79. The number of hydrogen-bond donors (Lipinski definition) is 0. The topological polar surface area (TPSA) is 63.3 Å². The lowest BCUT2D eigenvalue weighted by Crippen LogP contribution is -2.10. The largest absolute Gasteiger partial charge is 0.487 e. The normalized spacial score (nSPS) is 12.7. The van der Waals surface area contributed by atoms with Crippen molar-refractivity contribution >= 4 is 46.4 Å². The monoisotopic (exact) mass is 874 g/mol. The number of aryl methyl sites for hydroxylation is 2. The van der Waals surface area contributed by atoms with Crippen LogP contribution in [0.4, 0.5) is 0 Å². The lowest BCUT2D eigenvalue weighted by molar-refractivity contribution is 0.122. The molecule has 2 unspecified atom stereocenters. The Labute approximate surface area is 369 Å². The maximum absolute atomic E-state index is 6.56. The highest BCUT2D eigenvalue weighted by Gasteiger charge is 2.22. The molecule has 0 amide bonds. The first-order valence-corrected chi connectivity index (χ1v) is 21.8. The van der Waals surface area contributed by atoms with Crippen molar-refractivity contribution in [3.8, 4) is 22.9 Å². The fraction of sp³-hybridized carbons (Fsp3) is 0.375. The number of ether oxygens (including phenoxy) is 3. The van der Waals surface area contributed by atoms with E-state index in [-0.39, 0.29) is 11.8 Å². The molecule has 0 fully saturated rings. The molecule has 6 rings (SSSR count). The predicted octanol–water partition coefficient (Wildman–Crippen LogP) is 14.4. The quantitative estimate of drug-likeness (QED) is 0.0805. The van der Waals surface area contributed by atoms with E-state index < -0.39 is 0 Å². The van der Waals surface area contributed by atoms with E-state index in [1.807, 2.05) is 60.9 Å². The number of nitrogens with zero attached hydrogens (tertiary/aromatic N) is 4. The van der Waals surface area contributed by atoms with E-state index >= 15 is 0 Å². The molecule has 0 spiro atoms. The van der Waals surface area contributed by atoms with Gasteiger partial charge in [0.2, 0.25) is 0 Å². The van der Waals surface area contributed by atoms with Crippen molar-refractivity contribution in [2.24, 2.45) is 0 Å². The Morgan fingerprint density at radius 3 is 1.24 bits per heavy atom.